The number of carboxylic acids is 1. The maximum absolute atomic E-state index is 12.8. The molecule has 3 aliphatic rings. The first-order valence-electron chi connectivity index (χ1n) is 9.14. The summed E-state index contributed by atoms with van der Waals surface area (Å²) in [6.07, 6.45) is 0.737. The summed E-state index contributed by atoms with van der Waals surface area (Å²) in [5.41, 5.74) is 5.30. The van der Waals surface area contributed by atoms with E-state index in [1.165, 1.54) is 29.2 Å². The Labute approximate surface area is 176 Å². The second-order valence-corrected chi connectivity index (χ2v) is 9.07. The molecule has 0 aliphatic carbocycles. The summed E-state index contributed by atoms with van der Waals surface area (Å²) in [6.45, 7) is 0.103. The molecule has 3 aliphatic heterocycles. The molecule has 4 amide bonds. The molecule has 0 radical (unpaired) electrons. The molecule has 3 atom stereocenters. The van der Waals surface area contributed by atoms with Crippen molar-refractivity contribution in [1.82, 2.24) is 9.80 Å². The van der Waals surface area contributed by atoms with Crippen molar-refractivity contribution in [3.8, 4) is 0 Å². The predicted molar refractivity (Wildman–Crippen MR) is 104 cm³/mol. The zero-order valence-corrected chi connectivity index (χ0v) is 17.0. The highest BCUT2D eigenvalue weighted by Gasteiger charge is 2.64. The number of carbonyl (C=O) groups excluding carboxylic acids is 3. The lowest BCUT2D eigenvalue weighted by Crippen LogP contribution is -2.69. The number of nitrogens with zero attached hydrogens (tertiary/aromatic N) is 2. The minimum atomic E-state index is -4.01. The minimum absolute atomic E-state index is 0.0449. The number of rotatable bonds is 5. The fourth-order valence-corrected chi connectivity index (χ4v) is 4.78. The van der Waals surface area contributed by atoms with Gasteiger partial charge in [0.25, 0.3) is 5.91 Å². The smallest absolute Gasteiger partial charge is 0.356 e. The topological polar surface area (TPSA) is 176 Å². The summed E-state index contributed by atoms with van der Waals surface area (Å²) < 4.78 is 27.9. The first kappa shape index (κ1) is 20.7. The van der Waals surface area contributed by atoms with Gasteiger partial charge in [0.1, 0.15) is 6.04 Å². The van der Waals surface area contributed by atoms with Crippen molar-refractivity contribution >= 4 is 39.6 Å². The number of hydrogen-bond acceptors (Lipinski definition) is 7. The lowest BCUT2D eigenvalue weighted by molar-refractivity contribution is -0.156. The molecule has 2 fully saturated rings. The highest BCUT2D eigenvalue weighted by molar-refractivity contribution is 7.86. The average Bonchev–Trinajstić information content (AvgIpc) is 3.02. The van der Waals surface area contributed by atoms with Crippen molar-refractivity contribution in [2.45, 2.75) is 18.5 Å². The number of nitrogens with one attached hydrogen (secondary N) is 1. The highest BCUT2D eigenvalue weighted by atomic mass is 32.2. The summed E-state index contributed by atoms with van der Waals surface area (Å²) in [5.74, 6) is -3.44. The molecule has 2 saturated heterocycles. The Morgan fingerprint density at radius 2 is 1.87 bits per heavy atom. The van der Waals surface area contributed by atoms with Gasteiger partial charge >= 0.3 is 22.1 Å². The number of primary amides is 1. The van der Waals surface area contributed by atoms with Gasteiger partial charge in [0, 0.05) is 30.1 Å². The van der Waals surface area contributed by atoms with Crippen LogP contribution in [0.3, 0.4) is 0 Å². The number of aliphatic carboxylic acids is 1. The Morgan fingerprint density at radius 3 is 2.42 bits per heavy atom. The number of allylic oxidation sites excluding steroid dienone is 1. The van der Waals surface area contributed by atoms with Crippen LogP contribution in [-0.2, 0) is 23.9 Å². The molecule has 0 aromatic heterocycles. The molecular formula is C18H18N4O8S. The van der Waals surface area contributed by atoms with Crippen LogP contribution in [0.1, 0.15) is 16.8 Å². The van der Waals surface area contributed by atoms with Crippen LogP contribution in [0.15, 0.2) is 35.7 Å². The van der Waals surface area contributed by atoms with Gasteiger partial charge in [0.05, 0.1) is 12.3 Å². The van der Waals surface area contributed by atoms with E-state index < -0.39 is 51.7 Å². The third kappa shape index (κ3) is 3.46. The molecule has 0 saturated carbocycles. The first-order chi connectivity index (χ1) is 14.5. The molecule has 1 aromatic carbocycles. The fourth-order valence-electron chi connectivity index (χ4n) is 4.27. The van der Waals surface area contributed by atoms with Gasteiger partial charge in [-0.05, 0) is 24.3 Å². The van der Waals surface area contributed by atoms with Crippen LogP contribution in [0.25, 0.3) is 0 Å². The number of benzene rings is 1. The predicted octanol–water partition coefficient (Wildman–Crippen LogP) is -0.495. The summed E-state index contributed by atoms with van der Waals surface area (Å²) >= 11 is 0. The Kier molecular flexibility index (Phi) is 4.65. The molecule has 31 heavy (non-hydrogen) atoms. The Morgan fingerprint density at radius 1 is 1.23 bits per heavy atom. The van der Waals surface area contributed by atoms with Crippen molar-refractivity contribution in [2.75, 3.05) is 18.1 Å². The maximum atomic E-state index is 12.8. The molecule has 0 unspecified atom stereocenters. The summed E-state index contributed by atoms with van der Waals surface area (Å²) in [6, 6.07) is 3.83. The van der Waals surface area contributed by atoms with Crippen molar-refractivity contribution < 1.29 is 36.9 Å². The van der Waals surface area contributed by atoms with Crippen molar-refractivity contribution in [2.24, 2.45) is 11.7 Å². The number of carbonyl (C=O) groups is 4. The van der Waals surface area contributed by atoms with E-state index in [2.05, 4.69) is 5.32 Å². The number of amides is 4. The Hall–Kier alpha value is -3.61. The highest BCUT2D eigenvalue weighted by Crippen LogP contribution is 2.47. The monoisotopic (exact) mass is 450 g/mol. The first-order valence-corrected chi connectivity index (χ1v) is 11.0. The second-order valence-electron chi connectivity index (χ2n) is 7.50. The van der Waals surface area contributed by atoms with Gasteiger partial charge in [0.2, 0.25) is 5.91 Å². The van der Waals surface area contributed by atoms with E-state index >= 15 is 0 Å². The summed E-state index contributed by atoms with van der Waals surface area (Å²) in [7, 11) is -4.01. The van der Waals surface area contributed by atoms with Crippen molar-refractivity contribution in [3.05, 3.63) is 41.3 Å². The van der Waals surface area contributed by atoms with Crippen LogP contribution in [0.4, 0.5) is 10.5 Å². The van der Waals surface area contributed by atoms with Crippen LogP contribution in [0, 0.1) is 5.92 Å². The number of urea groups is 1. The SMILES string of the molecule is CS(=O)(=O)OC1=C(C(=O)O)N2C(=O)[C@@H]3[C@H]2[C@H](C1)CN3C(=O)Nc1ccc(C(N)=O)cc1. The molecule has 0 spiro atoms. The summed E-state index contributed by atoms with van der Waals surface area (Å²) in [4.78, 5) is 50.6. The van der Waals surface area contributed by atoms with Crippen LogP contribution in [0.5, 0.6) is 0 Å². The van der Waals surface area contributed by atoms with E-state index in [9.17, 15) is 32.7 Å². The van der Waals surface area contributed by atoms with Gasteiger partial charge in [-0.25, -0.2) is 9.59 Å². The normalized spacial score (nSPS) is 24.4. The number of likely N-dealkylation sites (tertiary alicyclic amines) is 1. The number of nitrogens with two attached hydrogens (primary N) is 1. The van der Waals surface area contributed by atoms with Crippen molar-refractivity contribution in [3.63, 3.8) is 0 Å². The molecule has 12 nitrogen and oxygen atoms in total. The van der Waals surface area contributed by atoms with E-state index in [1.807, 2.05) is 0 Å². The number of carboxylic acid groups (broad SMARTS) is 1. The van der Waals surface area contributed by atoms with Gasteiger partial charge in [-0.15, -0.1) is 0 Å². The molecule has 4 N–H and O–H groups in total. The van der Waals surface area contributed by atoms with E-state index in [0.29, 0.717) is 5.69 Å². The van der Waals surface area contributed by atoms with Gasteiger partial charge in [-0.2, -0.15) is 8.42 Å². The van der Waals surface area contributed by atoms with Crippen LogP contribution in [0.2, 0.25) is 0 Å². The van der Waals surface area contributed by atoms with E-state index in [1.54, 1.807) is 0 Å². The molecular weight excluding hydrogens is 432 g/mol. The number of anilines is 1. The van der Waals surface area contributed by atoms with E-state index in [0.717, 1.165) is 11.2 Å². The van der Waals surface area contributed by atoms with Gasteiger partial charge in [-0.1, -0.05) is 0 Å². The van der Waals surface area contributed by atoms with Crippen molar-refractivity contribution in [1.29, 1.82) is 0 Å². The lowest BCUT2D eigenvalue weighted by Gasteiger charge is -2.49. The average molecular weight is 450 g/mol. The molecule has 4 rings (SSSR count). The second kappa shape index (κ2) is 6.97. The Bertz CT molecular complexity index is 1140. The van der Waals surface area contributed by atoms with Gasteiger partial charge in [0.15, 0.2) is 11.5 Å². The quantitative estimate of drug-likeness (QED) is 0.397. The summed E-state index contributed by atoms with van der Waals surface area (Å²) in [5, 5.41) is 12.1. The molecule has 13 heteroatoms. The number of β-lactam (4-membered cyclic amide) rings is 1. The third-order valence-electron chi connectivity index (χ3n) is 5.45. The minimum Gasteiger partial charge on any atom is -0.476 e. The lowest BCUT2D eigenvalue weighted by atomic mass is 9.82. The Balaban J connectivity index is 1.55. The van der Waals surface area contributed by atoms with E-state index in [4.69, 9.17) is 9.92 Å². The maximum Gasteiger partial charge on any atom is 0.356 e. The fraction of sp³-hybridized carbons (Fsp3) is 0.333. The molecule has 164 valence electrons. The van der Waals surface area contributed by atoms with Gasteiger partial charge in [-0.3, -0.25) is 14.5 Å². The molecule has 1 aromatic rings. The standard InChI is InChI=1S/C18H18N4O8S/c1-31(28,29)30-11-6-9-7-21(14-12(9)22(16(14)24)13(11)17(25)26)18(27)20-10-4-2-8(3-5-10)15(19)23/h2-5,9,12,14H,6-7H2,1H3,(H2,19,23)(H,20,27)(H,25,26)/t9-,12-,14+/m1/s1. The molecule has 3 heterocycles. The number of hydrogen-bond donors (Lipinski definition) is 3. The van der Waals surface area contributed by atoms with Crippen LogP contribution < -0.4 is 11.1 Å². The van der Waals surface area contributed by atoms with Crippen LogP contribution in [-0.4, -0.2) is 72.0 Å². The van der Waals surface area contributed by atoms with Gasteiger partial charge < -0.3 is 25.2 Å². The third-order valence-corrected chi connectivity index (χ3v) is 5.95. The van der Waals surface area contributed by atoms with E-state index in [-0.39, 0.29) is 30.2 Å². The zero-order valence-electron chi connectivity index (χ0n) is 16.1. The largest absolute Gasteiger partial charge is 0.476 e. The van der Waals surface area contributed by atoms with Crippen LogP contribution >= 0.6 is 0 Å². The zero-order chi connectivity index (χ0) is 22.7. The molecule has 0 bridgehead atoms.